The average Bonchev–Trinajstić information content (AvgIpc) is 2.67. The molecule has 0 saturated carbocycles. The van der Waals surface area contributed by atoms with Gasteiger partial charge in [0.15, 0.2) is 5.96 Å². The summed E-state index contributed by atoms with van der Waals surface area (Å²) in [6, 6.07) is 7.84. The van der Waals surface area contributed by atoms with Gasteiger partial charge in [0, 0.05) is 55.7 Å². The van der Waals surface area contributed by atoms with Crippen molar-refractivity contribution in [2.24, 2.45) is 4.99 Å². The Hall–Kier alpha value is -0.870. The summed E-state index contributed by atoms with van der Waals surface area (Å²) < 4.78 is 0. The molecule has 1 aromatic carbocycles. The summed E-state index contributed by atoms with van der Waals surface area (Å²) in [5.41, 5.74) is 1.15. The number of guanidine groups is 1. The molecule has 1 heterocycles. The largest absolute Gasteiger partial charge is 0.368 e. The highest BCUT2D eigenvalue weighted by Gasteiger charge is 2.21. The van der Waals surface area contributed by atoms with E-state index in [0.29, 0.717) is 19.0 Å². The second-order valence-corrected chi connectivity index (χ2v) is 7.38. The lowest BCUT2D eigenvalue weighted by Crippen LogP contribution is -2.49. The molecule has 152 valence electrons. The van der Waals surface area contributed by atoms with E-state index in [1.165, 1.54) is 0 Å². The van der Waals surface area contributed by atoms with E-state index in [9.17, 15) is 4.79 Å². The Bertz CT molecular complexity index is 594. The van der Waals surface area contributed by atoms with Gasteiger partial charge in [-0.05, 0) is 37.4 Å². The predicted molar refractivity (Wildman–Crippen MR) is 128 cm³/mol. The summed E-state index contributed by atoms with van der Waals surface area (Å²) in [7, 11) is 0. The maximum absolute atomic E-state index is 12.4. The van der Waals surface area contributed by atoms with Crippen LogP contribution in [0.4, 0.5) is 5.69 Å². The average molecular weight is 526 g/mol. The number of hydrogen-bond acceptors (Lipinski definition) is 4. The first-order chi connectivity index (χ1) is 12.6. The molecule has 1 aliphatic rings. The number of carbonyl (C=O) groups is 1. The summed E-state index contributed by atoms with van der Waals surface area (Å²) in [5.74, 6) is 1.78. The number of halogens is 2. The number of anilines is 1. The Morgan fingerprint density at radius 1 is 1.19 bits per heavy atom. The highest BCUT2D eigenvalue weighted by molar-refractivity contribution is 14.0. The van der Waals surface area contributed by atoms with Crippen LogP contribution >= 0.6 is 47.3 Å². The van der Waals surface area contributed by atoms with Crippen LogP contribution in [0.2, 0.25) is 5.02 Å². The summed E-state index contributed by atoms with van der Waals surface area (Å²) in [5, 5.41) is 7.15. The third-order valence-corrected chi connectivity index (χ3v) is 5.00. The fourth-order valence-electron chi connectivity index (χ4n) is 2.73. The fourth-order valence-corrected chi connectivity index (χ4v) is 3.16. The molecule has 2 N–H and O–H groups in total. The van der Waals surface area contributed by atoms with Crippen LogP contribution in [0.1, 0.15) is 6.92 Å². The number of nitrogens with zero attached hydrogens (tertiary/aromatic N) is 3. The Balaban J connectivity index is 0.00000364. The molecule has 0 atom stereocenters. The van der Waals surface area contributed by atoms with Gasteiger partial charge in [-0.2, -0.15) is 11.8 Å². The molecule has 27 heavy (non-hydrogen) atoms. The first-order valence-corrected chi connectivity index (χ1v) is 10.7. The molecule has 1 aliphatic heterocycles. The first-order valence-electron chi connectivity index (χ1n) is 8.93. The van der Waals surface area contributed by atoms with Gasteiger partial charge in [-0.3, -0.25) is 4.79 Å². The minimum atomic E-state index is 0. The number of nitrogens with one attached hydrogen (secondary N) is 2. The van der Waals surface area contributed by atoms with E-state index in [4.69, 9.17) is 11.6 Å². The lowest BCUT2D eigenvalue weighted by Gasteiger charge is -2.36. The molecule has 0 radical (unpaired) electrons. The van der Waals surface area contributed by atoms with E-state index in [1.54, 1.807) is 11.8 Å². The van der Waals surface area contributed by atoms with Gasteiger partial charge in [0.25, 0.3) is 0 Å². The smallest absolute Gasteiger partial charge is 0.244 e. The highest BCUT2D eigenvalue weighted by atomic mass is 127. The summed E-state index contributed by atoms with van der Waals surface area (Å²) in [6.07, 6.45) is 2.07. The van der Waals surface area contributed by atoms with Crippen LogP contribution in [0.15, 0.2) is 29.3 Å². The molecular formula is C18H29ClIN5OS. The number of aliphatic imine (C=N–C) groups is 1. The molecule has 1 aromatic rings. The minimum absolute atomic E-state index is 0. The van der Waals surface area contributed by atoms with Gasteiger partial charge < -0.3 is 20.4 Å². The molecular weight excluding hydrogens is 497 g/mol. The van der Waals surface area contributed by atoms with Crippen molar-refractivity contribution >= 4 is 64.9 Å². The molecule has 0 bridgehead atoms. The van der Waals surface area contributed by atoms with E-state index in [2.05, 4.69) is 26.8 Å². The Kier molecular flexibility index (Phi) is 11.9. The van der Waals surface area contributed by atoms with Crippen molar-refractivity contribution in [3.63, 3.8) is 0 Å². The molecule has 6 nitrogen and oxygen atoms in total. The van der Waals surface area contributed by atoms with Gasteiger partial charge in [-0.15, -0.1) is 24.0 Å². The second-order valence-electron chi connectivity index (χ2n) is 5.96. The van der Waals surface area contributed by atoms with Crippen molar-refractivity contribution in [1.82, 2.24) is 15.5 Å². The lowest BCUT2D eigenvalue weighted by molar-refractivity contribution is -0.129. The Morgan fingerprint density at radius 2 is 1.85 bits per heavy atom. The zero-order valence-electron chi connectivity index (χ0n) is 15.9. The fraction of sp³-hybridized carbons (Fsp3) is 0.556. The highest BCUT2D eigenvalue weighted by Crippen LogP contribution is 2.19. The van der Waals surface area contributed by atoms with Crippen LogP contribution < -0.4 is 15.5 Å². The third kappa shape index (κ3) is 8.35. The van der Waals surface area contributed by atoms with E-state index >= 15 is 0 Å². The monoisotopic (exact) mass is 525 g/mol. The van der Waals surface area contributed by atoms with E-state index in [1.807, 2.05) is 36.1 Å². The predicted octanol–water partition coefficient (Wildman–Crippen LogP) is 2.52. The van der Waals surface area contributed by atoms with E-state index < -0.39 is 0 Å². The van der Waals surface area contributed by atoms with E-state index in [-0.39, 0.29) is 36.4 Å². The van der Waals surface area contributed by atoms with Crippen LogP contribution in [0, 0.1) is 0 Å². The summed E-state index contributed by atoms with van der Waals surface area (Å²) >= 11 is 7.72. The number of rotatable bonds is 7. The van der Waals surface area contributed by atoms with Gasteiger partial charge >= 0.3 is 0 Å². The van der Waals surface area contributed by atoms with Gasteiger partial charge in [-0.1, -0.05) is 11.6 Å². The van der Waals surface area contributed by atoms with Gasteiger partial charge in [0.2, 0.25) is 5.91 Å². The topological polar surface area (TPSA) is 60.0 Å². The molecule has 0 aliphatic carbocycles. The van der Waals surface area contributed by atoms with Crippen molar-refractivity contribution in [2.45, 2.75) is 6.92 Å². The van der Waals surface area contributed by atoms with E-state index in [0.717, 1.165) is 42.6 Å². The molecule has 0 spiro atoms. The quantitative estimate of drug-likeness (QED) is 0.248. The zero-order valence-corrected chi connectivity index (χ0v) is 19.8. The number of hydrogen-bond donors (Lipinski definition) is 2. The Morgan fingerprint density at radius 3 is 2.44 bits per heavy atom. The number of piperazine rings is 1. The normalized spacial score (nSPS) is 14.6. The number of thioether (sulfide) groups is 1. The van der Waals surface area contributed by atoms with Crippen molar-refractivity contribution in [3.8, 4) is 0 Å². The lowest BCUT2D eigenvalue weighted by atomic mass is 10.2. The van der Waals surface area contributed by atoms with Crippen LogP contribution in [-0.4, -0.2) is 74.6 Å². The van der Waals surface area contributed by atoms with Crippen molar-refractivity contribution in [1.29, 1.82) is 0 Å². The second kappa shape index (κ2) is 13.3. The van der Waals surface area contributed by atoms with Gasteiger partial charge in [-0.25, -0.2) is 4.99 Å². The molecule has 9 heteroatoms. The zero-order chi connectivity index (χ0) is 18.8. The van der Waals surface area contributed by atoms with Crippen LogP contribution in [0.3, 0.4) is 0 Å². The maximum Gasteiger partial charge on any atom is 0.244 e. The Labute approximate surface area is 188 Å². The minimum Gasteiger partial charge on any atom is -0.368 e. The number of benzene rings is 1. The SMILES string of the molecule is CCNC(=NCC(=O)N1CCN(c2ccc(Cl)cc2)CC1)NCCSC.I. The molecule has 1 saturated heterocycles. The van der Waals surface area contributed by atoms with Gasteiger partial charge in [0.05, 0.1) is 0 Å². The van der Waals surface area contributed by atoms with Crippen molar-refractivity contribution in [3.05, 3.63) is 29.3 Å². The van der Waals surface area contributed by atoms with Crippen LogP contribution in [-0.2, 0) is 4.79 Å². The molecule has 1 amide bonds. The van der Waals surface area contributed by atoms with Crippen LogP contribution in [0.5, 0.6) is 0 Å². The standard InChI is InChI=1S/C18H28ClN5OS.HI/c1-3-20-18(21-8-13-26-2)22-14-17(25)24-11-9-23(10-12-24)16-6-4-15(19)5-7-16;/h4-7H,3,8-14H2,1-2H3,(H2,20,21,22);1H. The summed E-state index contributed by atoms with van der Waals surface area (Å²) in [6.45, 7) is 6.88. The van der Waals surface area contributed by atoms with Gasteiger partial charge in [0.1, 0.15) is 6.54 Å². The molecule has 0 unspecified atom stereocenters. The first kappa shape index (κ1) is 24.2. The molecule has 1 fully saturated rings. The number of amides is 1. The summed E-state index contributed by atoms with van der Waals surface area (Å²) in [4.78, 5) is 21.0. The number of carbonyl (C=O) groups excluding carboxylic acids is 1. The third-order valence-electron chi connectivity index (χ3n) is 4.14. The molecule has 0 aromatic heterocycles. The van der Waals surface area contributed by atoms with Crippen molar-refractivity contribution < 1.29 is 4.79 Å². The molecule has 2 rings (SSSR count). The maximum atomic E-state index is 12.4. The van der Waals surface area contributed by atoms with Crippen LogP contribution in [0.25, 0.3) is 0 Å². The van der Waals surface area contributed by atoms with Crippen molar-refractivity contribution in [2.75, 3.05) is 62.7 Å².